The molecule has 2 aromatic carbocycles. The van der Waals surface area contributed by atoms with E-state index in [1.54, 1.807) is 11.0 Å². The van der Waals surface area contributed by atoms with Gasteiger partial charge in [0.25, 0.3) is 11.7 Å². The van der Waals surface area contributed by atoms with Crippen LogP contribution in [0.2, 0.25) is 0 Å². The molecule has 8 nitrogen and oxygen atoms in total. The average molecular weight is 521 g/mol. The van der Waals surface area contributed by atoms with Gasteiger partial charge in [-0.3, -0.25) is 14.5 Å². The lowest BCUT2D eigenvalue weighted by molar-refractivity contribution is -0.140. The summed E-state index contributed by atoms with van der Waals surface area (Å²) in [6, 6.07) is 12.2. The number of rotatable bonds is 9. The minimum absolute atomic E-state index is 0.0605. The lowest BCUT2D eigenvalue weighted by Gasteiger charge is -2.29. The summed E-state index contributed by atoms with van der Waals surface area (Å²) in [6.45, 7) is 8.95. The van der Waals surface area contributed by atoms with E-state index in [4.69, 9.17) is 14.2 Å². The van der Waals surface area contributed by atoms with Gasteiger partial charge in [-0.15, -0.1) is 0 Å². The summed E-state index contributed by atoms with van der Waals surface area (Å²) in [6.07, 6.45) is 2.37. The van der Waals surface area contributed by atoms with E-state index >= 15 is 0 Å². The largest absolute Gasteiger partial charge is 0.507 e. The van der Waals surface area contributed by atoms with Crippen molar-refractivity contribution in [1.29, 1.82) is 0 Å². The number of morpholine rings is 1. The van der Waals surface area contributed by atoms with Gasteiger partial charge < -0.3 is 24.2 Å². The Morgan fingerprint density at radius 1 is 1.11 bits per heavy atom. The third-order valence-electron chi connectivity index (χ3n) is 7.33. The molecule has 202 valence electrons. The summed E-state index contributed by atoms with van der Waals surface area (Å²) < 4.78 is 17.1. The number of aliphatic hydroxyl groups is 1. The Labute approximate surface area is 223 Å². The minimum Gasteiger partial charge on any atom is -0.507 e. The van der Waals surface area contributed by atoms with E-state index in [0.717, 1.165) is 49.4 Å². The number of hydrogen-bond donors (Lipinski definition) is 1. The summed E-state index contributed by atoms with van der Waals surface area (Å²) in [5.74, 6) is 0.0495. The van der Waals surface area contributed by atoms with Crippen molar-refractivity contribution in [2.75, 3.05) is 46.0 Å². The maximum atomic E-state index is 13.4. The number of Topliss-reactive ketones (excluding diaryl/α,β-unsaturated/α-hetero) is 1. The van der Waals surface area contributed by atoms with E-state index < -0.39 is 17.7 Å². The Hall–Kier alpha value is -3.36. The van der Waals surface area contributed by atoms with Crippen LogP contribution in [0.1, 0.15) is 49.4 Å². The van der Waals surface area contributed by atoms with Gasteiger partial charge in [0.2, 0.25) is 0 Å². The van der Waals surface area contributed by atoms with Gasteiger partial charge in [-0.2, -0.15) is 0 Å². The van der Waals surface area contributed by atoms with Crippen molar-refractivity contribution >= 4 is 17.4 Å². The predicted molar refractivity (Wildman–Crippen MR) is 143 cm³/mol. The highest BCUT2D eigenvalue weighted by molar-refractivity contribution is 6.46. The van der Waals surface area contributed by atoms with Crippen molar-refractivity contribution in [2.45, 2.75) is 45.3 Å². The van der Waals surface area contributed by atoms with Gasteiger partial charge in [0.05, 0.1) is 31.4 Å². The molecule has 2 fully saturated rings. The first-order valence-electron chi connectivity index (χ1n) is 13.6. The summed E-state index contributed by atoms with van der Waals surface area (Å²) in [7, 11) is 0. The van der Waals surface area contributed by atoms with Crippen molar-refractivity contribution in [2.24, 2.45) is 0 Å². The van der Waals surface area contributed by atoms with Crippen LogP contribution in [-0.4, -0.2) is 78.7 Å². The van der Waals surface area contributed by atoms with E-state index in [9.17, 15) is 14.7 Å². The topological polar surface area (TPSA) is 88.5 Å². The van der Waals surface area contributed by atoms with Crippen LogP contribution in [0.15, 0.2) is 48.0 Å². The second-order valence-electron chi connectivity index (χ2n) is 10.2. The van der Waals surface area contributed by atoms with Gasteiger partial charge in [0.15, 0.2) is 0 Å². The third-order valence-corrected chi connectivity index (χ3v) is 7.33. The molecular weight excluding hydrogens is 484 g/mol. The molecule has 8 heteroatoms. The molecule has 38 heavy (non-hydrogen) atoms. The number of ether oxygens (including phenoxy) is 3. The number of aliphatic hydroxyl groups excluding tert-OH is 1. The molecule has 3 aliphatic heterocycles. The van der Waals surface area contributed by atoms with Gasteiger partial charge in [-0.05, 0) is 61.2 Å². The molecule has 0 aliphatic carbocycles. The monoisotopic (exact) mass is 520 g/mol. The van der Waals surface area contributed by atoms with Gasteiger partial charge >= 0.3 is 0 Å². The zero-order chi connectivity index (χ0) is 26.6. The number of hydrogen-bond acceptors (Lipinski definition) is 7. The Balaban J connectivity index is 1.49. The first kappa shape index (κ1) is 26.3. The van der Waals surface area contributed by atoms with E-state index in [2.05, 4.69) is 4.90 Å². The van der Waals surface area contributed by atoms with Crippen molar-refractivity contribution in [3.8, 4) is 11.5 Å². The molecule has 0 bridgehead atoms. The van der Waals surface area contributed by atoms with Crippen LogP contribution in [0.25, 0.3) is 5.76 Å². The smallest absolute Gasteiger partial charge is 0.295 e. The molecule has 0 saturated carbocycles. The quantitative estimate of drug-likeness (QED) is 0.304. The van der Waals surface area contributed by atoms with E-state index in [-0.39, 0.29) is 17.4 Å². The minimum atomic E-state index is -0.701. The fourth-order valence-corrected chi connectivity index (χ4v) is 5.47. The first-order chi connectivity index (χ1) is 18.5. The fraction of sp³-hybridized carbons (Fsp3) is 0.467. The van der Waals surface area contributed by atoms with Crippen LogP contribution in [0, 0.1) is 0 Å². The highest BCUT2D eigenvalue weighted by Gasteiger charge is 2.46. The number of carbonyl (C=O) groups excluding carboxylic acids is 2. The van der Waals surface area contributed by atoms with Crippen LogP contribution >= 0.6 is 0 Å². The molecule has 2 atom stereocenters. The molecule has 2 unspecified atom stereocenters. The molecule has 0 aromatic heterocycles. The predicted octanol–water partition coefficient (Wildman–Crippen LogP) is 3.94. The Morgan fingerprint density at radius 2 is 1.92 bits per heavy atom. The number of ketones is 1. The van der Waals surface area contributed by atoms with E-state index in [0.29, 0.717) is 44.1 Å². The lowest BCUT2D eigenvalue weighted by atomic mass is 9.94. The molecule has 1 amide bonds. The molecule has 0 radical (unpaired) electrons. The van der Waals surface area contributed by atoms with Gasteiger partial charge in [0, 0.05) is 38.2 Å². The van der Waals surface area contributed by atoms with Crippen molar-refractivity contribution < 1.29 is 28.9 Å². The second kappa shape index (κ2) is 11.6. The molecule has 3 aliphatic rings. The summed E-state index contributed by atoms with van der Waals surface area (Å²) >= 11 is 0. The number of likely N-dealkylation sites (tertiary alicyclic amines) is 1. The zero-order valence-electron chi connectivity index (χ0n) is 22.2. The van der Waals surface area contributed by atoms with Crippen LogP contribution in [-0.2, 0) is 20.7 Å². The van der Waals surface area contributed by atoms with Gasteiger partial charge in [0.1, 0.15) is 23.4 Å². The number of amides is 1. The van der Waals surface area contributed by atoms with E-state index in [1.165, 1.54) is 0 Å². The Bertz CT molecular complexity index is 1220. The van der Waals surface area contributed by atoms with Crippen molar-refractivity contribution in [3.63, 3.8) is 0 Å². The molecule has 3 heterocycles. The van der Waals surface area contributed by atoms with Crippen molar-refractivity contribution in [3.05, 3.63) is 64.7 Å². The van der Waals surface area contributed by atoms with Crippen LogP contribution in [0.3, 0.4) is 0 Å². The third kappa shape index (κ3) is 5.42. The van der Waals surface area contributed by atoms with Crippen LogP contribution < -0.4 is 9.47 Å². The zero-order valence-corrected chi connectivity index (χ0v) is 22.2. The highest BCUT2D eigenvalue weighted by atomic mass is 16.5. The highest BCUT2D eigenvalue weighted by Crippen LogP contribution is 2.41. The summed E-state index contributed by atoms with van der Waals surface area (Å²) in [4.78, 5) is 30.7. The van der Waals surface area contributed by atoms with Gasteiger partial charge in [-0.25, -0.2) is 0 Å². The second-order valence-corrected chi connectivity index (χ2v) is 10.2. The number of benzene rings is 2. The lowest BCUT2D eigenvalue weighted by Crippen LogP contribution is -2.38. The molecule has 0 spiro atoms. The van der Waals surface area contributed by atoms with E-state index in [1.807, 2.05) is 50.2 Å². The normalized spacial score (nSPS) is 22.9. The maximum Gasteiger partial charge on any atom is 0.295 e. The van der Waals surface area contributed by atoms with Gasteiger partial charge in [-0.1, -0.05) is 19.1 Å². The molecular formula is C30H36N2O6. The average Bonchev–Trinajstić information content (AvgIpc) is 3.43. The fourth-order valence-electron chi connectivity index (χ4n) is 5.47. The number of nitrogens with zero attached hydrogens (tertiary/aromatic N) is 2. The standard InChI is InChI=1S/C30H36N2O6/c1-3-14-37-24-7-4-6-21(19-24)27-26(28(33)22-8-9-25-23(18-22)17-20(2)38-25)29(34)30(35)32(27)11-5-10-31-12-15-36-16-13-31/h4,6-9,18-20,27,33H,3,5,10-17H2,1-2H3/b28-26-. The number of fused-ring (bicyclic) bond motifs is 1. The van der Waals surface area contributed by atoms with Crippen LogP contribution in [0.4, 0.5) is 0 Å². The summed E-state index contributed by atoms with van der Waals surface area (Å²) in [5.41, 5.74) is 2.34. The molecule has 1 N–H and O–H groups in total. The molecule has 2 saturated heterocycles. The molecule has 5 rings (SSSR count). The summed E-state index contributed by atoms with van der Waals surface area (Å²) in [5, 5.41) is 11.5. The van der Waals surface area contributed by atoms with Crippen molar-refractivity contribution in [1.82, 2.24) is 9.80 Å². The SMILES string of the molecule is CCCOc1cccc(C2/C(=C(/O)c3ccc4c(c3)CC(C)O4)C(=O)C(=O)N2CCCN2CCOCC2)c1. The first-order valence-corrected chi connectivity index (χ1v) is 13.6. The Kier molecular flexibility index (Phi) is 8.00. The molecule has 2 aromatic rings. The van der Waals surface area contributed by atoms with Crippen LogP contribution in [0.5, 0.6) is 11.5 Å². The number of carbonyl (C=O) groups is 2. The maximum absolute atomic E-state index is 13.4. The Morgan fingerprint density at radius 3 is 2.71 bits per heavy atom.